The van der Waals surface area contributed by atoms with Crippen molar-refractivity contribution in [1.82, 2.24) is 24.6 Å². The first kappa shape index (κ1) is 31.6. The number of rotatable bonds is 11. The van der Waals surface area contributed by atoms with Crippen LogP contribution in [-0.4, -0.2) is 73.3 Å². The van der Waals surface area contributed by atoms with Crippen molar-refractivity contribution in [2.75, 3.05) is 18.9 Å². The Kier molecular flexibility index (Phi) is 9.09. The van der Waals surface area contributed by atoms with Crippen LogP contribution in [0.2, 0.25) is 0 Å². The van der Waals surface area contributed by atoms with Crippen LogP contribution in [0.1, 0.15) is 47.8 Å². The number of nitrogen functional groups attached to an aromatic ring is 1. The topological polar surface area (TPSA) is 182 Å². The van der Waals surface area contributed by atoms with Gasteiger partial charge in [-0.15, -0.1) is 0 Å². The van der Waals surface area contributed by atoms with E-state index >= 15 is 4.39 Å². The zero-order chi connectivity index (χ0) is 30.9. The summed E-state index contributed by atoms with van der Waals surface area (Å²) < 4.78 is 58.8. The SMILES string of the molecule is CCOc1nc(N)nc2c1ncn2[C@@H]1O[C@H](COP(=O)(NC(C)C(=O)OC(C)(C)C)Oc2ccccc2)[C@@H](F)[C@@]1(C)O. The summed E-state index contributed by atoms with van der Waals surface area (Å²) in [6.45, 7) is 9.16. The highest BCUT2D eigenvalue weighted by Crippen LogP contribution is 2.48. The molecule has 42 heavy (non-hydrogen) atoms. The summed E-state index contributed by atoms with van der Waals surface area (Å²) in [6, 6.07) is 6.98. The summed E-state index contributed by atoms with van der Waals surface area (Å²) in [7, 11) is -4.33. The molecular formula is C26H36FN6O8P. The number of benzene rings is 1. The number of ether oxygens (including phenoxy) is 3. The Morgan fingerprint density at radius 1 is 1.31 bits per heavy atom. The van der Waals surface area contributed by atoms with E-state index in [9.17, 15) is 14.5 Å². The molecule has 2 aromatic heterocycles. The molecule has 4 N–H and O–H groups in total. The second kappa shape index (κ2) is 12.1. The van der Waals surface area contributed by atoms with Gasteiger partial charge in [-0.2, -0.15) is 15.1 Å². The van der Waals surface area contributed by atoms with Gasteiger partial charge in [0, 0.05) is 0 Å². The minimum absolute atomic E-state index is 0.119. The molecule has 230 valence electrons. The van der Waals surface area contributed by atoms with Gasteiger partial charge in [-0.05, 0) is 53.7 Å². The van der Waals surface area contributed by atoms with Crippen LogP contribution in [0.4, 0.5) is 10.3 Å². The monoisotopic (exact) mass is 610 g/mol. The van der Waals surface area contributed by atoms with Crippen molar-refractivity contribution in [3.8, 4) is 11.6 Å². The average Bonchev–Trinajstić information content (AvgIpc) is 3.40. The van der Waals surface area contributed by atoms with Crippen molar-refractivity contribution in [3.05, 3.63) is 36.7 Å². The van der Waals surface area contributed by atoms with E-state index in [1.165, 1.54) is 36.9 Å². The molecule has 1 aromatic carbocycles. The molecule has 0 spiro atoms. The first-order valence-corrected chi connectivity index (χ1v) is 14.8. The fourth-order valence-corrected chi connectivity index (χ4v) is 5.74. The number of nitrogens with zero attached hydrogens (tertiary/aromatic N) is 4. The maximum Gasteiger partial charge on any atom is 0.459 e. The third-order valence-electron chi connectivity index (χ3n) is 6.12. The summed E-state index contributed by atoms with van der Waals surface area (Å²) >= 11 is 0. The van der Waals surface area contributed by atoms with Crippen molar-refractivity contribution in [3.63, 3.8) is 0 Å². The molecule has 1 aliphatic rings. The van der Waals surface area contributed by atoms with Crippen LogP contribution < -0.4 is 20.1 Å². The van der Waals surface area contributed by atoms with Crippen molar-refractivity contribution in [1.29, 1.82) is 0 Å². The fourth-order valence-electron chi connectivity index (χ4n) is 4.23. The molecule has 16 heteroatoms. The van der Waals surface area contributed by atoms with Crippen LogP contribution in [0.15, 0.2) is 36.7 Å². The lowest BCUT2D eigenvalue weighted by atomic mass is 9.98. The maximum atomic E-state index is 15.7. The van der Waals surface area contributed by atoms with E-state index in [-0.39, 0.29) is 35.3 Å². The molecule has 0 saturated carbocycles. The van der Waals surface area contributed by atoms with Crippen LogP contribution in [0.25, 0.3) is 11.2 Å². The van der Waals surface area contributed by atoms with E-state index in [1.807, 2.05) is 0 Å². The Morgan fingerprint density at radius 2 is 2.00 bits per heavy atom. The molecule has 3 heterocycles. The molecule has 6 atom stereocenters. The standard InChI is InChI=1S/C26H36FN6O8P/c1-7-37-21-18-20(30-24(28)31-21)33(14-29-18)23-26(6,35)19(27)17(39-23)13-38-42(36,41-16-11-9-8-10-12-16)32-15(2)22(34)40-25(3,4)5/h8-12,14-15,17,19,23,35H,7,13H2,1-6H3,(H,32,36)(H2,28,30,31)/t15?,17-,19-,23-,26-,42?/m1/s1. The lowest BCUT2D eigenvalue weighted by Gasteiger charge is -2.27. The number of carbonyl (C=O) groups is 1. The van der Waals surface area contributed by atoms with Crippen molar-refractivity contribution in [2.45, 2.75) is 77.3 Å². The third-order valence-corrected chi connectivity index (χ3v) is 7.76. The number of para-hydroxylation sites is 1. The molecule has 3 aromatic rings. The minimum Gasteiger partial charge on any atom is -0.476 e. The number of carbonyl (C=O) groups excluding carboxylic acids is 1. The predicted molar refractivity (Wildman–Crippen MR) is 149 cm³/mol. The quantitative estimate of drug-likeness (QED) is 0.213. The van der Waals surface area contributed by atoms with E-state index in [0.717, 1.165) is 0 Å². The molecule has 4 rings (SSSR count). The van der Waals surface area contributed by atoms with Gasteiger partial charge in [-0.3, -0.25) is 13.9 Å². The van der Waals surface area contributed by atoms with Gasteiger partial charge in [0.25, 0.3) is 0 Å². The molecule has 1 aliphatic heterocycles. The Bertz CT molecular complexity index is 1450. The van der Waals surface area contributed by atoms with Gasteiger partial charge in [0.1, 0.15) is 29.1 Å². The highest BCUT2D eigenvalue weighted by Gasteiger charge is 2.55. The number of aromatic nitrogens is 4. The number of hydrogen-bond acceptors (Lipinski definition) is 12. The van der Waals surface area contributed by atoms with Gasteiger partial charge >= 0.3 is 13.7 Å². The van der Waals surface area contributed by atoms with E-state index in [1.54, 1.807) is 45.9 Å². The van der Waals surface area contributed by atoms with Crippen LogP contribution in [0, 0.1) is 0 Å². The van der Waals surface area contributed by atoms with E-state index in [0.29, 0.717) is 0 Å². The van der Waals surface area contributed by atoms with Gasteiger partial charge in [-0.25, -0.2) is 13.9 Å². The summed E-state index contributed by atoms with van der Waals surface area (Å²) in [5, 5.41) is 13.7. The molecule has 0 bridgehead atoms. The number of imidazole rings is 1. The highest BCUT2D eigenvalue weighted by atomic mass is 31.2. The van der Waals surface area contributed by atoms with Crippen molar-refractivity contribution >= 4 is 30.8 Å². The number of nitrogens with one attached hydrogen (secondary N) is 1. The summed E-state index contributed by atoms with van der Waals surface area (Å²) in [6.07, 6.45) is -3.47. The highest BCUT2D eigenvalue weighted by molar-refractivity contribution is 7.52. The second-order valence-electron chi connectivity index (χ2n) is 10.9. The number of esters is 1. The fraction of sp³-hybridized carbons (Fsp3) is 0.538. The van der Waals surface area contributed by atoms with Gasteiger partial charge in [0.15, 0.2) is 23.6 Å². The molecule has 1 fully saturated rings. The predicted octanol–water partition coefficient (Wildman–Crippen LogP) is 3.32. The Morgan fingerprint density at radius 3 is 2.64 bits per heavy atom. The smallest absolute Gasteiger partial charge is 0.459 e. The third kappa shape index (κ3) is 6.98. The lowest BCUT2D eigenvalue weighted by Crippen LogP contribution is -2.42. The number of fused-ring (bicyclic) bond motifs is 1. The van der Waals surface area contributed by atoms with E-state index < -0.39 is 56.1 Å². The summed E-state index contributed by atoms with van der Waals surface area (Å²) in [5.41, 5.74) is 3.32. The van der Waals surface area contributed by atoms with Crippen LogP contribution in [0.5, 0.6) is 11.6 Å². The zero-order valence-corrected chi connectivity index (χ0v) is 25.1. The van der Waals surface area contributed by atoms with Crippen LogP contribution in [-0.2, 0) is 23.4 Å². The Labute approximate surface area is 242 Å². The Balaban J connectivity index is 1.56. The number of alkyl halides is 1. The molecule has 1 saturated heterocycles. The van der Waals surface area contributed by atoms with Gasteiger partial charge in [-0.1, -0.05) is 18.2 Å². The molecule has 14 nitrogen and oxygen atoms in total. The van der Waals surface area contributed by atoms with E-state index in [4.69, 9.17) is 29.0 Å². The molecule has 2 unspecified atom stereocenters. The first-order chi connectivity index (χ1) is 19.6. The van der Waals surface area contributed by atoms with Crippen LogP contribution in [0.3, 0.4) is 0 Å². The van der Waals surface area contributed by atoms with E-state index in [2.05, 4.69) is 20.0 Å². The number of hydrogen-bond donors (Lipinski definition) is 3. The molecule has 0 amide bonds. The largest absolute Gasteiger partial charge is 0.476 e. The Hall–Kier alpha value is -3.36. The van der Waals surface area contributed by atoms with Crippen molar-refractivity contribution < 1.29 is 42.1 Å². The number of aliphatic hydroxyl groups is 1. The summed E-state index contributed by atoms with van der Waals surface area (Å²) in [5.74, 6) is -0.527. The van der Waals surface area contributed by atoms with Gasteiger partial charge in [0.2, 0.25) is 11.8 Å². The zero-order valence-electron chi connectivity index (χ0n) is 24.2. The van der Waals surface area contributed by atoms with Crippen molar-refractivity contribution in [2.24, 2.45) is 0 Å². The summed E-state index contributed by atoms with van der Waals surface area (Å²) in [4.78, 5) is 25.0. The normalized spacial score (nSPS) is 24.7. The average molecular weight is 611 g/mol. The first-order valence-electron chi connectivity index (χ1n) is 13.3. The maximum absolute atomic E-state index is 15.7. The number of halogens is 1. The lowest BCUT2D eigenvalue weighted by molar-refractivity contribution is -0.156. The second-order valence-corrected chi connectivity index (χ2v) is 12.6. The van der Waals surface area contributed by atoms with Gasteiger partial charge in [0.05, 0.1) is 19.5 Å². The molecular weight excluding hydrogens is 574 g/mol. The number of anilines is 1. The number of nitrogens with two attached hydrogens (primary N) is 1. The van der Waals surface area contributed by atoms with Gasteiger partial charge < -0.3 is 29.6 Å². The molecule has 0 radical (unpaired) electrons. The minimum atomic E-state index is -4.33. The molecule has 0 aliphatic carbocycles. The van der Waals surface area contributed by atoms with Crippen LogP contribution >= 0.6 is 7.75 Å².